The summed E-state index contributed by atoms with van der Waals surface area (Å²) in [6.45, 7) is 2.82. The van der Waals surface area contributed by atoms with E-state index in [4.69, 9.17) is 10.5 Å². The molecule has 4 nitrogen and oxygen atoms in total. The van der Waals surface area contributed by atoms with Crippen molar-refractivity contribution >= 4 is 21.8 Å². The van der Waals surface area contributed by atoms with Crippen molar-refractivity contribution in [3.63, 3.8) is 0 Å². The third-order valence-corrected chi connectivity index (χ3v) is 4.07. The minimum absolute atomic E-state index is 0.0327. The minimum Gasteiger partial charge on any atom is -0.496 e. The number of likely N-dealkylation sites (tertiary alicyclic amines) is 1. The number of ether oxygens (including phenoxy) is 1. The van der Waals surface area contributed by atoms with E-state index in [1.807, 2.05) is 23.1 Å². The summed E-state index contributed by atoms with van der Waals surface area (Å²) in [6, 6.07) is 5.70. The van der Waals surface area contributed by atoms with E-state index in [2.05, 4.69) is 22.9 Å². The summed E-state index contributed by atoms with van der Waals surface area (Å²) in [4.78, 5) is 13.9. The van der Waals surface area contributed by atoms with Crippen molar-refractivity contribution in [2.45, 2.75) is 31.8 Å². The monoisotopic (exact) mass is 326 g/mol. The number of rotatable bonds is 4. The zero-order chi connectivity index (χ0) is 14.0. The Kier molecular flexibility index (Phi) is 4.47. The first kappa shape index (κ1) is 14.3. The van der Waals surface area contributed by atoms with Crippen molar-refractivity contribution in [3.8, 4) is 5.75 Å². The number of amides is 1. The van der Waals surface area contributed by atoms with Crippen LogP contribution in [0.15, 0.2) is 22.7 Å². The molecule has 1 aliphatic heterocycles. The van der Waals surface area contributed by atoms with E-state index < -0.39 is 0 Å². The molecule has 2 N–H and O–H groups in total. The Hall–Kier alpha value is -1.07. The van der Waals surface area contributed by atoms with Gasteiger partial charge in [0.15, 0.2) is 0 Å². The maximum absolute atomic E-state index is 12.0. The predicted molar refractivity (Wildman–Crippen MR) is 78.0 cm³/mol. The molecular formula is C14H19BrN2O2. The first-order valence-corrected chi connectivity index (χ1v) is 7.26. The zero-order valence-corrected chi connectivity index (χ0v) is 12.8. The van der Waals surface area contributed by atoms with Crippen molar-refractivity contribution in [1.29, 1.82) is 0 Å². The number of carbonyl (C=O) groups excluding carboxylic acids is 1. The molecule has 1 fully saturated rings. The fourth-order valence-electron chi connectivity index (χ4n) is 2.62. The molecule has 1 amide bonds. The lowest BCUT2D eigenvalue weighted by Crippen LogP contribution is -2.33. The van der Waals surface area contributed by atoms with E-state index in [0.29, 0.717) is 6.42 Å². The molecule has 0 bridgehead atoms. The number of carbonyl (C=O) groups is 1. The molecule has 1 saturated heterocycles. The van der Waals surface area contributed by atoms with Gasteiger partial charge in [-0.25, -0.2) is 0 Å². The lowest BCUT2D eigenvalue weighted by Gasteiger charge is -2.27. The standard InChI is InChI=1S/C14H19BrN2O2/c1-3-6-17-13(18)8-11(16)14(17)9-4-5-12(19-2)10(15)7-9/h4-5,7,11,14H,3,6,8,16H2,1-2H3. The highest BCUT2D eigenvalue weighted by atomic mass is 79.9. The maximum Gasteiger partial charge on any atom is 0.224 e. The van der Waals surface area contributed by atoms with Crippen LogP contribution in [0.25, 0.3) is 0 Å². The Morgan fingerprint density at radius 1 is 1.53 bits per heavy atom. The molecule has 2 unspecified atom stereocenters. The molecule has 1 aliphatic rings. The Labute approximate surface area is 122 Å². The average molecular weight is 327 g/mol. The van der Waals surface area contributed by atoms with Crippen LogP contribution in [-0.4, -0.2) is 30.5 Å². The van der Waals surface area contributed by atoms with Crippen LogP contribution in [-0.2, 0) is 4.79 Å². The molecule has 0 radical (unpaired) electrons. The molecule has 104 valence electrons. The first-order valence-electron chi connectivity index (χ1n) is 6.47. The lowest BCUT2D eigenvalue weighted by molar-refractivity contribution is -0.129. The molecule has 2 rings (SSSR count). The highest BCUT2D eigenvalue weighted by Gasteiger charge is 2.38. The third kappa shape index (κ3) is 2.77. The van der Waals surface area contributed by atoms with E-state index in [1.54, 1.807) is 7.11 Å². The molecule has 1 aromatic rings. The summed E-state index contributed by atoms with van der Waals surface area (Å²) < 4.78 is 6.11. The van der Waals surface area contributed by atoms with Gasteiger partial charge in [0, 0.05) is 19.0 Å². The number of benzene rings is 1. The van der Waals surface area contributed by atoms with E-state index in [1.165, 1.54) is 0 Å². The summed E-state index contributed by atoms with van der Waals surface area (Å²) in [5, 5.41) is 0. The Balaban J connectivity index is 2.32. The Morgan fingerprint density at radius 2 is 2.26 bits per heavy atom. The van der Waals surface area contributed by atoms with Gasteiger partial charge in [0.1, 0.15) is 5.75 Å². The highest BCUT2D eigenvalue weighted by molar-refractivity contribution is 9.10. The number of halogens is 1. The summed E-state index contributed by atoms with van der Waals surface area (Å²) in [5.74, 6) is 0.926. The van der Waals surface area contributed by atoms with Gasteiger partial charge in [-0.15, -0.1) is 0 Å². The zero-order valence-electron chi connectivity index (χ0n) is 11.2. The fourth-order valence-corrected chi connectivity index (χ4v) is 3.17. The second kappa shape index (κ2) is 5.92. The number of nitrogens with zero attached hydrogens (tertiary/aromatic N) is 1. The van der Waals surface area contributed by atoms with Crippen LogP contribution >= 0.6 is 15.9 Å². The van der Waals surface area contributed by atoms with Crippen molar-refractivity contribution in [2.75, 3.05) is 13.7 Å². The van der Waals surface area contributed by atoms with Gasteiger partial charge < -0.3 is 15.4 Å². The summed E-state index contributed by atoms with van der Waals surface area (Å²) in [5.41, 5.74) is 7.19. The maximum atomic E-state index is 12.0. The van der Waals surface area contributed by atoms with Crippen molar-refractivity contribution in [3.05, 3.63) is 28.2 Å². The summed E-state index contributed by atoms with van der Waals surface area (Å²) in [7, 11) is 1.63. The van der Waals surface area contributed by atoms with Crippen molar-refractivity contribution in [1.82, 2.24) is 4.90 Å². The molecule has 2 atom stereocenters. The Bertz CT molecular complexity index is 479. The Morgan fingerprint density at radius 3 is 2.84 bits per heavy atom. The SMILES string of the molecule is CCCN1C(=O)CC(N)C1c1ccc(OC)c(Br)c1. The highest BCUT2D eigenvalue weighted by Crippen LogP contribution is 2.35. The molecule has 5 heteroatoms. The largest absolute Gasteiger partial charge is 0.496 e. The van der Waals surface area contributed by atoms with Gasteiger partial charge in [-0.1, -0.05) is 13.0 Å². The van der Waals surface area contributed by atoms with Gasteiger partial charge >= 0.3 is 0 Å². The molecule has 1 heterocycles. The van der Waals surface area contributed by atoms with Gasteiger partial charge in [0.25, 0.3) is 0 Å². The van der Waals surface area contributed by atoms with Crippen LogP contribution in [0, 0.1) is 0 Å². The van der Waals surface area contributed by atoms with Crippen LogP contribution in [0.4, 0.5) is 0 Å². The molecule has 0 saturated carbocycles. The third-order valence-electron chi connectivity index (χ3n) is 3.45. The molecule has 19 heavy (non-hydrogen) atoms. The first-order chi connectivity index (χ1) is 9.08. The van der Waals surface area contributed by atoms with E-state index in [-0.39, 0.29) is 18.0 Å². The molecule has 0 aliphatic carbocycles. The van der Waals surface area contributed by atoms with Crippen molar-refractivity contribution < 1.29 is 9.53 Å². The number of hydrogen-bond acceptors (Lipinski definition) is 3. The average Bonchev–Trinajstić information content (AvgIpc) is 2.65. The predicted octanol–water partition coefficient (Wildman–Crippen LogP) is 2.47. The molecule has 0 spiro atoms. The second-order valence-corrected chi connectivity index (χ2v) is 5.65. The summed E-state index contributed by atoms with van der Waals surface area (Å²) >= 11 is 3.48. The van der Waals surface area contributed by atoms with Crippen LogP contribution in [0.5, 0.6) is 5.75 Å². The topological polar surface area (TPSA) is 55.6 Å². The van der Waals surface area contributed by atoms with Crippen molar-refractivity contribution in [2.24, 2.45) is 5.73 Å². The summed E-state index contributed by atoms with van der Waals surface area (Å²) in [6.07, 6.45) is 1.36. The number of methoxy groups -OCH3 is 1. The van der Waals surface area contributed by atoms with E-state index in [0.717, 1.165) is 28.8 Å². The molecule has 1 aromatic carbocycles. The number of hydrogen-bond donors (Lipinski definition) is 1. The van der Waals surface area contributed by atoms with Gasteiger partial charge in [-0.2, -0.15) is 0 Å². The lowest BCUT2D eigenvalue weighted by atomic mass is 10.0. The molecule has 0 aromatic heterocycles. The normalized spacial score (nSPS) is 22.9. The van der Waals surface area contributed by atoms with Crippen LogP contribution in [0.2, 0.25) is 0 Å². The van der Waals surface area contributed by atoms with Gasteiger partial charge in [-0.3, -0.25) is 4.79 Å². The fraction of sp³-hybridized carbons (Fsp3) is 0.500. The molecular weight excluding hydrogens is 308 g/mol. The smallest absolute Gasteiger partial charge is 0.224 e. The van der Waals surface area contributed by atoms with Crippen LogP contribution in [0.1, 0.15) is 31.4 Å². The van der Waals surface area contributed by atoms with Gasteiger partial charge in [-0.05, 0) is 40.0 Å². The van der Waals surface area contributed by atoms with Crippen LogP contribution in [0.3, 0.4) is 0 Å². The second-order valence-electron chi connectivity index (χ2n) is 4.79. The van der Waals surface area contributed by atoms with Gasteiger partial charge in [0.05, 0.1) is 17.6 Å². The van der Waals surface area contributed by atoms with Gasteiger partial charge in [0.2, 0.25) is 5.91 Å². The van der Waals surface area contributed by atoms with Crippen LogP contribution < -0.4 is 10.5 Å². The van der Waals surface area contributed by atoms with E-state index >= 15 is 0 Å². The van der Waals surface area contributed by atoms with E-state index in [9.17, 15) is 4.79 Å². The quantitative estimate of drug-likeness (QED) is 0.924. The minimum atomic E-state index is -0.139. The number of nitrogens with two attached hydrogens (primary N) is 1.